The molecule has 1 fully saturated rings. The number of carbonyl (C=O) groups is 2. The zero-order valence-corrected chi connectivity index (χ0v) is 18.4. The smallest absolute Gasteiger partial charge is 0.318 e. The van der Waals surface area contributed by atoms with Crippen LogP contribution in [-0.2, 0) is 21.4 Å². The number of primary sulfonamides is 1. The first kappa shape index (κ1) is 21.5. The molecule has 8 nitrogen and oxygen atoms in total. The molecule has 0 atom stereocenters. The number of amides is 3. The number of carbonyl (C=O) groups excluding carboxylic acids is 2. The van der Waals surface area contributed by atoms with Gasteiger partial charge < -0.3 is 9.88 Å². The van der Waals surface area contributed by atoms with Gasteiger partial charge in [0, 0.05) is 17.1 Å². The molecule has 164 valence electrons. The van der Waals surface area contributed by atoms with Crippen molar-refractivity contribution >= 4 is 28.0 Å². The summed E-state index contributed by atoms with van der Waals surface area (Å²) in [6.07, 6.45) is 1.66. The van der Waals surface area contributed by atoms with Gasteiger partial charge in [-0.2, -0.15) is 0 Å². The second kappa shape index (κ2) is 8.10. The number of imide groups is 1. The number of hydrogen-bond donors (Lipinski definition) is 2. The lowest BCUT2D eigenvalue weighted by Gasteiger charge is -2.11. The summed E-state index contributed by atoms with van der Waals surface area (Å²) >= 11 is 0. The number of aryl methyl sites for hydroxylation is 1. The molecular formula is C23H22N4O4S. The minimum Gasteiger partial charge on any atom is -0.318 e. The quantitative estimate of drug-likeness (QED) is 0.459. The van der Waals surface area contributed by atoms with Gasteiger partial charge in [-0.1, -0.05) is 30.3 Å². The number of sulfonamides is 1. The molecule has 0 bridgehead atoms. The van der Waals surface area contributed by atoms with Crippen LogP contribution in [0.25, 0.3) is 11.8 Å². The molecular weight excluding hydrogens is 428 g/mol. The zero-order valence-electron chi connectivity index (χ0n) is 17.6. The molecule has 2 heterocycles. The molecule has 3 aromatic rings. The number of nitrogens with one attached hydrogen (secondary N) is 1. The maximum Gasteiger partial charge on any atom is 0.329 e. The third-order valence-electron chi connectivity index (χ3n) is 5.34. The molecule has 2 aromatic carbocycles. The number of urea groups is 1. The van der Waals surface area contributed by atoms with E-state index in [-0.39, 0.29) is 23.0 Å². The number of hydrogen-bond acceptors (Lipinski definition) is 4. The molecule has 1 aromatic heterocycles. The van der Waals surface area contributed by atoms with Gasteiger partial charge in [0.25, 0.3) is 5.91 Å². The SMILES string of the molecule is Cc1cc(/C=C2/NC(=O)N(Cc3ccccc3)C2=O)c(C)n1-c1ccc(S(N)(=O)=O)cc1. The van der Waals surface area contributed by atoms with Crippen molar-refractivity contribution in [3.8, 4) is 5.69 Å². The first-order valence-corrected chi connectivity index (χ1v) is 11.4. The zero-order chi connectivity index (χ0) is 23.0. The predicted molar refractivity (Wildman–Crippen MR) is 120 cm³/mol. The molecule has 1 saturated heterocycles. The normalized spacial score (nSPS) is 15.5. The topological polar surface area (TPSA) is 114 Å². The second-order valence-corrected chi connectivity index (χ2v) is 9.13. The minimum atomic E-state index is -3.77. The summed E-state index contributed by atoms with van der Waals surface area (Å²) < 4.78 is 24.9. The molecule has 9 heteroatoms. The van der Waals surface area contributed by atoms with Gasteiger partial charge in [0.2, 0.25) is 10.0 Å². The Balaban J connectivity index is 1.63. The van der Waals surface area contributed by atoms with E-state index in [4.69, 9.17) is 5.14 Å². The van der Waals surface area contributed by atoms with E-state index in [1.807, 2.05) is 54.8 Å². The van der Waals surface area contributed by atoms with Crippen LogP contribution in [-0.4, -0.2) is 29.8 Å². The van der Waals surface area contributed by atoms with E-state index in [1.165, 1.54) is 17.0 Å². The summed E-state index contributed by atoms with van der Waals surface area (Å²) in [7, 11) is -3.77. The first-order valence-electron chi connectivity index (χ1n) is 9.86. The van der Waals surface area contributed by atoms with Crippen LogP contribution in [0.5, 0.6) is 0 Å². The highest BCUT2D eigenvalue weighted by atomic mass is 32.2. The van der Waals surface area contributed by atoms with Crippen LogP contribution in [0.2, 0.25) is 0 Å². The lowest BCUT2D eigenvalue weighted by molar-refractivity contribution is -0.123. The lowest BCUT2D eigenvalue weighted by atomic mass is 10.2. The van der Waals surface area contributed by atoms with E-state index in [9.17, 15) is 18.0 Å². The summed E-state index contributed by atoms with van der Waals surface area (Å²) in [6.45, 7) is 3.98. The predicted octanol–water partition coefficient (Wildman–Crippen LogP) is 2.83. The molecule has 0 unspecified atom stereocenters. The number of benzene rings is 2. The maximum atomic E-state index is 12.8. The highest BCUT2D eigenvalue weighted by Crippen LogP contribution is 2.25. The van der Waals surface area contributed by atoms with Crippen molar-refractivity contribution in [3.05, 3.63) is 88.9 Å². The maximum absolute atomic E-state index is 12.8. The average molecular weight is 451 g/mol. The van der Waals surface area contributed by atoms with E-state index in [1.54, 1.807) is 18.2 Å². The van der Waals surface area contributed by atoms with Gasteiger partial charge in [-0.05, 0) is 61.4 Å². The van der Waals surface area contributed by atoms with E-state index >= 15 is 0 Å². The lowest BCUT2D eigenvalue weighted by Crippen LogP contribution is -2.30. The molecule has 0 spiro atoms. The van der Waals surface area contributed by atoms with Crippen LogP contribution in [0.4, 0.5) is 4.79 Å². The summed E-state index contributed by atoms with van der Waals surface area (Å²) in [6, 6.07) is 17.0. The van der Waals surface area contributed by atoms with Gasteiger partial charge in [0.15, 0.2) is 0 Å². The van der Waals surface area contributed by atoms with Crippen molar-refractivity contribution < 1.29 is 18.0 Å². The summed E-state index contributed by atoms with van der Waals surface area (Å²) in [5.41, 5.74) is 4.31. The molecule has 32 heavy (non-hydrogen) atoms. The Labute approximate surface area is 186 Å². The molecule has 0 saturated carbocycles. The van der Waals surface area contributed by atoms with E-state index in [0.29, 0.717) is 0 Å². The molecule has 3 amide bonds. The van der Waals surface area contributed by atoms with Crippen LogP contribution in [0.3, 0.4) is 0 Å². The Hall–Kier alpha value is -3.69. The highest BCUT2D eigenvalue weighted by Gasteiger charge is 2.33. The van der Waals surface area contributed by atoms with Gasteiger partial charge in [0.05, 0.1) is 11.4 Å². The third kappa shape index (κ3) is 4.08. The molecule has 4 rings (SSSR count). The number of nitrogens with zero attached hydrogens (tertiary/aromatic N) is 2. The summed E-state index contributed by atoms with van der Waals surface area (Å²) in [4.78, 5) is 26.4. The van der Waals surface area contributed by atoms with E-state index < -0.39 is 16.1 Å². The van der Waals surface area contributed by atoms with Gasteiger partial charge >= 0.3 is 6.03 Å². The number of aromatic nitrogens is 1. The fourth-order valence-corrected chi connectivity index (χ4v) is 4.27. The van der Waals surface area contributed by atoms with Crippen molar-refractivity contribution in [2.45, 2.75) is 25.3 Å². The van der Waals surface area contributed by atoms with Crippen LogP contribution >= 0.6 is 0 Å². The van der Waals surface area contributed by atoms with E-state index in [0.717, 1.165) is 28.2 Å². The van der Waals surface area contributed by atoms with Crippen molar-refractivity contribution in [2.24, 2.45) is 5.14 Å². The Kier molecular flexibility index (Phi) is 5.45. The standard InChI is InChI=1S/C23H22N4O4S/c1-15-12-18(16(2)27(15)19-8-10-20(11-9-19)32(24,30)31)13-21-22(28)26(23(29)25-21)14-17-6-4-3-5-7-17/h3-13H,14H2,1-2H3,(H,25,29)(H2,24,30,31)/b21-13+. The average Bonchev–Trinajstić information content (AvgIpc) is 3.17. The Bertz CT molecular complexity index is 1340. The second-order valence-electron chi connectivity index (χ2n) is 7.57. The summed E-state index contributed by atoms with van der Waals surface area (Å²) in [5, 5.41) is 7.82. The number of rotatable bonds is 5. The summed E-state index contributed by atoms with van der Waals surface area (Å²) in [5.74, 6) is -0.388. The van der Waals surface area contributed by atoms with Crippen LogP contribution in [0, 0.1) is 13.8 Å². The van der Waals surface area contributed by atoms with Gasteiger partial charge in [-0.25, -0.2) is 18.4 Å². The van der Waals surface area contributed by atoms with E-state index in [2.05, 4.69) is 5.32 Å². The minimum absolute atomic E-state index is 0.0313. The Morgan fingerprint density at radius 1 is 1.00 bits per heavy atom. The Morgan fingerprint density at radius 3 is 2.28 bits per heavy atom. The molecule has 1 aliphatic rings. The third-order valence-corrected chi connectivity index (χ3v) is 6.27. The van der Waals surface area contributed by atoms with Gasteiger partial charge in [-0.15, -0.1) is 0 Å². The number of nitrogens with two attached hydrogens (primary N) is 1. The van der Waals surface area contributed by atoms with Gasteiger partial charge in [0.1, 0.15) is 5.70 Å². The molecule has 0 radical (unpaired) electrons. The van der Waals surface area contributed by atoms with Crippen molar-refractivity contribution in [1.29, 1.82) is 0 Å². The van der Waals surface area contributed by atoms with Crippen LogP contribution in [0.1, 0.15) is 22.5 Å². The first-order chi connectivity index (χ1) is 15.1. The fourth-order valence-electron chi connectivity index (χ4n) is 3.75. The fraction of sp³-hybridized carbons (Fsp3) is 0.130. The van der Waals surface area contributed by atoms with Crippen molar-refractivity contribution in [1.82, 2.24) is 14.8 Å². The largest absolute Gasteiger partial charge is 0.329 e. The van der Waals surface area contributed by atoms with Crippen molar-refractivity contribution in [3.63, 3.8) is 0 Å². The highest BCUT2D eigenvalue weighted by molar-refractivity contribution is 7.89. The molecule has 0 aliphatic carbocycles. The Morgan fingerprint density at radius 2 is 1.66 bits per heavy atom. The monoisotopic (exact) mass is 450 g/mol. The molecule has 3 N–H and O–H groups in total. The van der Waals surface area contributed by atoms with Crippen LogP contribution < -0.4 is 10.5 Å². The van der Waals surface area contributed by atoms with Crippen molar-refractivity contribution in [2.75, 3.05) is 0 Å². The molecule has 1 aliphatic heterocycles. The van der Waals surface area contributed by atoms with Gasteiger partial charge in [-0.3, -0.25) is 9.69 Å². The van der Waals surface area contributed by atoms with Crippen LogP contribution in [0.15, 0.2) is 71.3 Å².